The number of anilines is 1. The van der Waals surface area contributed by atoms with E-state index in [4.69, 9.17) is 4.74 Å². The second kappa shape index (κ2) is 9.47. The lowest BCUT2D eigenvalue weighted by Gasteiger charge is -2.25. The minimum Gasteiger partial charge on any atom is -0.507 e. The van der Waals surface area contributed by atoms with Crippen molar-refractivity contribution in [2.75, 3.05) is 11.5 Å². The van der Waals surface area contributed by atoms with E-state index in [0.717, 1.165) is 27.3 Å². The summed E-state index contributed by atoms with van der Waals surface area (Å²) in [5, 5.41) is 13.3. The number of benzene rings is 2. The van der Waals surface area contributed by atoms with E-state index in [0.29, 0.717) is 23.8 Å². The van der Waals surface area contributed by atoms with E-state index in [9.17, 15) is 14.7 Å². The van der Waals surface area contributed by atoms with Crippen LogP contribution in [-0.4, -0.2) is 23.4 Å². The lowest BCUT2D eigenvalue weighted by Crippen LogP contribution is -2.29. The molecule has 6 heteroatoms. The average Bonchev–Trinajstić information content (AvgIpc) is 3.32. The highest BCUT2D eigenvalue weighted by Crippen LogP contribution is 2.45. The fourth-order valence-corrected chi connectivity index (χ4v) is 5.18. The van der Waals surface area contributed by atoms with E-state index >= 15 is 0 Å². The SMILES string of the molecule is Cc1cccc(N2C(=O)C(=O)/C(=C(\O)c3ccc(OCC(C)C)c(C)c3)C2c2sccc2C)c1. The summed E-state index contributed by atoms with van der Waals surface area (Å²) in [7, 11) is 0. The summed E-state index contributed by atoms with van der Waals surface area (Å²) in [5.41, 5.74) is 4.01. The highest BCUT2D eigenvalue weighted by molar-refractivity contribution is 7.10. The van der Waals surface area contributed by atoms with E-state index in [1.165, 1.54) is 16.2 Å². The van der Waals surface area contributed by atoms with Crippen molar-refractivity contribution in [3.05, 3.63) is 86.6 Å². The Labute approximate surface area is 204 Å². The average molecular weight is 476 g/mol. The summed E-state index contributed by atoms with van der Waals surface area (Å²) >= 11 is 1.47. The molecule has 1 unspecified atom stereocenters. The van der Waals surface area contributed by atoms with Gasteiger partial charge in [0.1, 0.15) is 17.6 Å². The fourth-order valence-electron chi connectivity index (χ4n) is 4.16. The Balaban J connectivity index is 1.85. The number of ether oxygens (including phenoxy) is 1. The number of aliphatic hydroxyl groups is 1. The second-order valence-corrected chi connectivity index (χ2v) is 10.1. The summed E-state index contributed by atoms with van der Waals surface area (Å²) in [4.78, 5) is 28.9. The lowest BCUT2D eigenvalue weighted by molar-refractivity contribution is -0.132. The Hall–Kier alpha value is -3.38. The highest BCUT2D eigenvalue weighted by Gasteiger charge is 2.48. The second-order valence-electron chi connectivity index (χ2n) is 9.16. The lowest BCUT2D eigenvalue weighted by atomic mass is 9.97. The normalized spacial score (nSPS) is 17.6. The molecule has 4 rings (SSSR count). The van der Waals surface area contributed by atoms with E-state index in [1.807, 2.05) is 56.5 Å². The van der Waals surface area contributed by atoms with Crippen LogP contribution in [0.5, 0.6) is 5.75 Å². The number of Topliss-reactive ketones (excluding diaryl/α,β-unsaturated/α-hetero) is 1. The number of aliphatic hydroxyl groups excluding tert-OH is 1. The van der Waals surface area contributed by atoms with E-state index in [-0.39, 0.29) is 11.3 Å². The third-order valence-electron chi connectivity index (χ3n) is 5.89. The molecule has 1 N–H and O–H groups in total. The largest absolute Gasteiger partial charge is 0.507 e. The molecule has 0 bridgehead atoms. The predicted octanol–water partition coefficient (Wildman–Crippen LogP) is 6.33. The van der Waals surface area contributed by atoms with Gasteiger partial charge in [-0.3, -0.25) is 14.5 Å². The van der Waals surface area contributed by atoms with Crippen LogP contribution < -0.4 is 9.64 Å². The van der Waals surface area contributed by atoms with Crippen molar-refractivity contribution in [1.29, 1.82) is 0 Å². The van der Waals surface area contributed by atoms with Gasteiger partial charge in [-0.15, -0.1) is 11.3 Å². The summed E-state index contributed by atoms with van der Waals surface area (Å²) in [6, 6.07) is 14.1. The third kappa shape index (κ3) is 4.38. The van der Waals surface area contributed by atoms with Gasteiger partial charge in [-0.1, -0.05) is 26.0 Å². The van der Waals surface area contributed by atoms with Crippen LogP contribution in [-0.2, 0) is 9.59 Å². The van der Waals surface area contributed by atoms with Gasteiger partial charge in [-0.05, 0) is 85.2 Å². The van der Waals surface area contributed by atoms with Crippen LogP contribution in [0, 0.1) is 26.7 Å². The molecular weight excluding hydrogens is 446 g/mol. The van der Waals surface area contributed by atoms with Crippen molar-refractivity contribution >= 4 is 34.5 Å². The van der Waals surface area contributed by atoms with Crippen LogP contribution in [0.1, 0.15) is 47.0 Å². The molecule has 0 saturated carbocycles. The molecule has 2 heterocycles. The molecule has 1 saturated heterocycles. The van der Waals surface area contributed by atoms with Gasteiger partial charge in [-0.25, -0.2) is 0 Å². The van der Waals surface area contributed by atoms with Gasteiger partial charge in [-0.2, -0.15) is 0 Å². The topological polar surface area (TPSA) is 66.8 Å². The summed E-state index contributed by atoms with van der Waals surface area (Å²) in [5.74, 6) is -0.381. The van der Waals surface area contributed by atoms with Crippen LogP contribution in [0.25, 0.3) is 5.76 Å². The Kier molecular flexibility index (Phi) is 6.62. The number of ketones is 1. The minimum absolute atomic E-state index is 0.104. The van der Waals surface area contributed by atoms with Gasteiger partial charge in [0, 0.05) is 16.1 Å². The summed E-state index contributed by atoms with van der Waals surface area (Å²) < 4.78 is 5.85. The molecule has 1 aromatic heterocycles. The molecule has 176 valence electrons. The van der Waals surface area contributed by atoms with Gasteiger partial charge in [0.05, 0.1) is 12.2 Å². The smallest absolute Gasteiger partial charge is 0.300 e. The molecule has 1 fully saturated rings. The van der Waals surface area contributed by atoms with Gasteiger partial charge >= 0.3 is 0 Å². The summed E-state index contributed by atoms with van der Waals surface area (Å²) in [6.07, 6.45) is 0. The number of hydrogen-bond donors (Lipinski definition) is 1. The van der Waals surface area contributed by atoms with Gasteiger partial charge in [0.15, 0.2) is 0 Å². The van der Waals surface area contributed by atoms with Gasteiger partial charge in [0.2, 0.25) is 0 Å². The van der Waals surface area contributed by atoms with Crippen molar-refractivity contribution in [1.82, 2.24) is 0 Å². The van der Waals surface area contributed by atoms with Crippen molar-refractivity contribution in [3.8, 4) is 5.75 Å². The quantitative estimate of drug-likeness (QED) is 0.257. The molecule has 3 aromatic rings. The van der Waals surface area contributed by atoms with Crippen LogP contribution >= 0.6 is 11.3 Å². The van der Waals surface area contributed by atoms with E-state index < -0.39 is 17.7 Å². The number of nitrogens with zero attached hydrogens (tertiary/aromatic N) is 1. The number of carbonyl (C=O) groups excluding carboxylic acids is 2. The molecule has 5 nitrogen and oxygen atoms in total. The maximum Gasteiger partial charge on any atom is 0.300 e. The van der Waals surface area contributed by atoms with E-state index in [1.54, 1.807) is 18.2 Å². The first kappa shape index (κ1) is 23.8. The number of carbonyl (C=O) groups is 2. The van der Waals surface area contributed by atoms with Crippen molar-refractivity contribution in [2.45, 2.75) is 40.7 Å². The number of amides is 1. The first-order valence-electron chi connectivity index (χ1n) is 11.3. The molecule has 34 heavy (non-hydrogen) atoms. The molecule has 1 amide bonds. The van der Waals surface area contributed by atoms with Crippen LogP contribution in [0.15, 0.2) is 59.5 Å². The monoisotopic (exact) mass is 475 g/mol. The molecule has 1 aliphatic rings. The van der Waals surface area contributed by atoms with Gasteiger partial charge in [0.25, 0.3) is 11.7 Å². The number of thiophene rings is 1. The first-order valence-corrected chi connectivity index (χ1v) is 12.2. The first-order chi connectivity index (χ1) is 16.2. The van der Waals surface area contributed by atoms with Crippen molar-refractivity contribution < 1.29 is 19.4 Å². The standard InChI is InChI=1S/C28H29NO4S/c1-16(2)15-33-22-10-9-20(14-19(22)5)25(30)23-24(27-18(4)11-12-34-27)29(28(32)26(23)31)21-8-6-7-17(3)13-21/h6-14,16,24,30H,15H2,1-5H3/b25-23-. The van der Waals surface area contributed by atoms with Gasteiger partial charge < -0.3 is 9.84 Å². The molecule has 1 atom stereocenters. The summed E-state index contributed by atoms with van der Waals surface area (Å²) in [6.45, 7) is 10.5. The maximum absolute atomic E-state index is 13.3. The molecule has 0 aliphatic carbocycles. The fraction of sp³-hybridized carbons (Fsp3) is 0.286. The Morgan fingerprint density at radius 3 is 2.44 bits per heavy atom. The zero-order chi connectivity index (χ0) is 24.6. The van der Waals surface area contributed by atoms with Crippen LogP contribution in [0.4, 0.5) is 5.69 Å². The number of aryl methyl sites for hydroxylation is 3. The van der Waals surface area contributed by atoms with Crippen molar-refractivity contribution in [2.24, 2.45) is 5.92 Å². The maximum atomic E-state index is 13.3. The molecular formula is C28H29NO4S. The van der Waals surface area contributed by atoms with Crippen LogP contribution in [0.2, 0.25) is 0 Å². The van der Waals surface area contributed by atoms with Crippen molar-refractivity contribution in [3.63, 3.8) is 0 Å². The Morgan fingerprint density at radius 2 is 1.82 bits per heavy atom. The number of hydrogen-bond acceptors (Lipinski definition) is 5. The van der Waals surface area contributed by atoms with E-state index in [2.05, 4.69) is 13.8 Å². The molecule has 2 aromatic carbocycles. The highest BCUT2D eigenvalue weighted by atomic mass is 32.1. The minimum atomic E-state index is -0.695. The molecule has 0 radical (unpaired) electrons. The molecule has 0 spiro atoms. The Bertz CT molecular complexity index is 1290. The zero-order valence-electron chi connectivity index (χ0n) is 20.1. The molecule has 1 aliphatic heterocycles. The predicted molar refractivity (Wildman–Crippen MR) is 137 cm³/mol. The Morgan fingerprint density at radius 1 is 1.06 bits per heavy atom. The van der Waals surface area contributed by atoms with Crippen LogP contribution in [0.3, 0.4) is 0 Å². The third-order valence-corrected chi connectivity index (χ3v) is 6.97. The zero-order valence-corrected chi connectivity index (χ0v) is 20.9. The number of rotatable bonds is 6.